The maximum Gasteiger partial charge on any atom is 0.335 e. The number of hydrogen-bond acceptors (Lipinski definition) is 4. The molecule has 2 aromatic rings. The van der Waals surface area contributed by atoms with Crippen LogP contribution in [-0.4, -0.2) is 31.3 Å². The fourth-order valence-electron chi connectivity index (χ4n) is 1.35. The second-order valence-corrected chi connectivity index (χ2v) is 3.40. The third kappa shape index (κ3) is 2.05. The Morgan fingerprint density at radius 2 is 2.06 bits per heavy atom. The van der Waals surface area contributed by atoms with Crippen molar-refractivity contribution in [3.63, 3.8) is 0 Å². The molecule has 0 aliphatic carbocycles. The highest BCUT2D eigenvalue weighted by Gasteiger charge is 2.05. The monoisotopic (exact) mass is 218 g/mol. The summed E-state index contributed by atoms with van der Waals surface area (Å²) < 4.78 is 1.59. The van der Waals surface area contributed by atoms with E-state index in [2.05, 4.69) is 15.5 Å². The van der Waals surface area contributed by atoms with E-state index in [4.69, 9.17) is 5.11 Å². The molecule has 0 unspecified atom stereocenters. The first kappa shape index (κ1) is 10.3. The van der Waals surface area contributed by atoms with Gasteiger partial charge in [0.25, 0.3) is 0 Å². The summed E-state index contributed by atoms with van der Waals surface area (Å²) in [5.74, 6) is -0.185. The molecule has 0 aliphatic heterocycles. The number of carboxylic acid groups (broad SMARTS) is 1. The third-order valence-electron chi connectivity index (χ3n) is 2.27. The molecule has 1 N–H and O–H groups in total. The summed E-state index contributed by atoms with van der Waals surface area (Å²) in [4.78, 5) is 10.6. The molecule has 2 rings (SSSR count). The minimum absolute atomic E-state index is 0.278. The van der Waals surface area contributed by atoms with Gasteiger partial charge in [0.15, 0.2) is 5.82 Å². The second-order valence-electron chi connectivity index (χ2n) is 3.40. The van der Waals surface area contributed by atoms with Gasteiger partial charge in [0, 0.05) is 13.5 Å². The molecule has 6 nitrogen and oxygen atoms in total. The summed E-state index contributed by atoms with van der Waals surface area (Å²) in [5, 5.41) is 19.8. The standard InChI is InChI=1S/C10H10N4O2/c1-14-9(11-12-13-14)6-7-2-4-8(5-3-7)10(15)16/h2-5H,6H2,1H3,(H,15,16). The van der Waals surface area contributed by atoms with E-state index in [9.17, 15) is 4.79 Å². The molecule has 82 valence electrons. The summed E-state index contributed by atoms with van der Waals surface area (Å²) in [5.41, 5.74) is 1.25. The van der Waals surface area contributed by atoms with Crippen LogP contribution in [0.4, 0.5) is 0 Å². The van der Waals surface area contributed by atoms with E-state index in [-0.39, 0.29) is 5.56 Å². The zero-order chi connectivity index (χ0) is 11.5. The highest BCUT2D eigenvalue weighted by molar-refractivity contribution is 5.87. The van der Waals surface area contributed by atoms with Crippen molar-refractivity contribution in [2.45, 2.75) is 6.42 Å². The topological polar surface area (TPSA) is 80.9 Å². The molecule has 0 aliphatic rings. The summed E-state index contributed by atoms with van der Waals surface area (Å²) in [6.07, 6.45) is 0.587. The normalized spacial score (nSPS) is 10.3. The number of hydrogen-bond donors (Lipinski definition) is 1. The summed E-state index contributed by atoms with van der Waals surface area (Å²) in [7, 11) is 1.76. The molecule has 1 aromatic heterocycles. The molecule has 0 saturated heterocycles. The largest absolute Gasteiger partial charge is 0.478 e. The van der Waals surface area contributed by atoms with Crippen molar-refractivity contribution in [3.05, 3.63) is 41.2 Å². The van der Waals surface area contributed by atoms with Crippen LogP contribution in [0.1, 0.15) is 21.7 Å². The van der Waals surface area contributed by atoms with Gasteiger partial charge in [0.1, 0.15) is 0 Å². The first-order valence-electron chi connectivity index (χ1n) is 4.70. The third-order valence-corrected chi connectivity index (χ3v) is 2.27. The molecule has 1 aromatic carbocycles. The molecule has 0 radical (unpaired) electrons. The Morgan fingerprint density at radius 1 is 1.38 bits per heavy atom. The van der Waals surface area contributed by atoms with Crippen LogP contribution in [0.5, 0.6) is 0 Å². The fraction of sp³-hybridized carbons (Fsp3) is 0.200. The highest BCUT2D eigenvalue weighted by atomic mass is 16.4. The molecule has 0 fully saturated rings. The fourth-order valence-corrected chi connectivity index (χ4v) is 1.35. The Kier molecular flexibility index (Phi) is 2.63. The van der Waals surface area contributed by atoms with E-state index in [1.807, 2.05) is 0 Å². The number of aromatic nitrogens is 4. The van der Waals surface area contributed by atoms with Crippen molar-refractivity contribution in [1.82, 2.24) is 20.2 Å². The number of aromatic carboxylic acids is 1. The van der Waals surface area contributed by atoms with E-state index in [1.165, 1.54) is 0 Å². The van der Waals surface area contributed by atoms with Gasteiger partial charge in [-0.2, -0.15) is 0 Å². The van der Waals surface area contributed by atoms with Gasteiger partial charge in [-0.3, -0.25) is 0 Å². The lowest BCUT2D eigenvalue weighted by molar-refractivity contribution is 0.0697. The van der Waals surface area contributed by atoms with Gasteiger partial charge in [-0.15, -0.1) is 5.10 Å². The first-order valence-corrected chi connectivity index (χ1v) is 4.70. The molecule has 0 atom stereocenters. The predicted molar refractivity (Wildman–Crippen MR) is 55.0 cm³/mol. The number of aryl methyl sites for hydroxylation is 1. The smallest absolute Gasteiger partial charge is 0.335 e. The molecule has 0 spiro atoms. The van der Waals surface area contributed by atoms with Crippen LogP contribution in [0.15, 0.2) is 24.3 Å². The number of tetrazole rings is 1. The van der Waals surface area contributed by atoms with Crippen LogP contribution in [0.2, 0.25) is 0 Å². The van der Waals surface area contributed by atoms with Crippen molar-refractivity contribution in [2.75, 3.05) is 0 Å². The SMILES string of the molecule is Cn1nnnc1Cc1ccc(C(=O)O)cc1. The zero-order valence-electron chi connectivity index (χ0n) is 8.66. The maximum absolute atomic E-state index is 10.6. The maximum atomic E-state index is 10.6. The lowest BCUT2D eigenvalue weighted by Gasteiger charge is -2.00. The number of nitrogens with zero attached hydrogens (tertiary/aromatic N) is 4. The Morgan fingerprint density at radius 3 is 2.56 bits per heavy atom. The number of rotatable bonds is 3. The number of benzene rings is 1. The van der Waals surface area contributed by atoms with E-state index in [0.717, 1.165) is 11.4 Å². The molecule has 0 amide bonds. The quantitative estimate of drug-likeness (QED) is 0.811. The van der Waals surface area contributed by atoms with Crippen LogP contribution in [0.3, 0.4) is 0 Å². The minimum Gasteiger partial charge on any atom is -0.478 e. The van der Waals surface area contributed by atoms with Crippen LogP contribution in [-0.2, 0) is 13.5 Å². The molecular formula is C10H10N4O2. The summed E-state index contributed by atoms with van der Waals surface area (Å²) >= 11 is 0. The van der Waals surface area contributed by atoms with Gasteiger partial charge in [-0.25, -0.2) is 9.48 Å². The summed E-state index contributed by atoms with van der Waals surface area (Å²) in [6, 6.07) is 6.67. The number of carbonyl (C=O) groups is 1. The molecule has 0 saturated carbocycles. The average Bonchev–Trinajstić information content (AvgIpc) is 2.65. The predicted octanol–water partition coefficient (Wildman–Crippen LogP) is 0.499. The number of carboxylic acids is 1. The van der Waals surface area contributed by atoms with Gasteiger partial charge in [-0.1, -0.05) is 12.1 Å². The van der Waals surface area contributed by atoms with Gasteiger partial charge in [-0.05, 0) is 28.1 Å². The molecule has 0 bridgehead atoms. The van der Waals surface area contributed by atoms with E-state index in [0.29, 0.717) is 6.42 Å². The van der Waals surface area contributed by atoms with Crippen molar-refractivity contribution in [1.29, 1.82) is 0 Å². The van der Waals surface area contributed by atoms with Crippen LogP contribution >= 0.6 is 0 Å². The Labute approximate surface area is 91.5 Å². The Hall–Kier alpha value is -2.24. The highest BCUT2D eigenvalue weighted by Crippen LogP contribution is 2.08. The van der Waals surface area contributed by atoms with Crippen LogP contribution < -0.4 is 0 Å². The summed E-state index contributed by atoms with van der Waals surface area (Å²) in [6.45, 7) is 0. The van der Waals surface area contributed by atoms with Gasteiger partial charge in [0.05, 0.1) is 5.56 Å². The van der Waals surface area contributed by atoms with Crippen molar-refractivity contribution in [2.24, 2.45) is 7.05 Å². The zero-order valence-corrected chi connectivity index (χ0v) is 8.66. The van der Waals surface area contributed by atoms with E-state index >= 15 is 0 Å². The molecular weight excluding hydrogens is 208 g/mol. The van der Waals surface area contributed by atoms with Gasteiger partial charge >= 0.3 is 5.97 Å². The van der Waals surface area contributed by atoms with Crippen LogP contribution in [0, 0.1) is 0 Å². The first-order chi connectivity index (χ1) is 7.66. The lowest BCUT2D eigenvalue weighted by atomic mass is 10.1. The van der Waals surface area contributed by atoms with Gasteiger partial charge < -0.3 is 5.11 Å². The second kappa shape index (κ2) is 4.09. The minimum atomic E-state index is -0.924. The average molecular weight is 218 g/mol. The molecule has 6 heteroatoms. The van der Waals surface area contributed by atoms with E-state index < -0.39 is 5.97 Å². The molecule has 1 heterocycles. The molecule has 16 heavy (non-hydrogen) atoms. The van der Waals surface area contributed by atoms with Crippen molar-refractivity contribution < 1.29 is 9.90 Å². The lowest BCUT2D eigenvalue weighted by Crippen LogP contribution is -2.01. The van der Waals surface area contributed by atoms with Crippen LogP contribution in [0.25, 0.3) is 0 Å². The van der Waals surface area contributed by atoms with E-state index in [1.54, 1.807) is 36.0 Å². The Bertz CT molecular complexity index is 504. The van der Waals surface area contributed by atoms with Crippen molar-refractivity contribution in [3.8, 4) is 0 Å². The van der Waals surface area contributed by atoms with Gasteiger partial charge in [0.2, 0.25) is 0 Å². The Balaban J connectivity index is 2.17. The van der Waals surface area contributed by atoms with Crippen molar-refractivity contribution >= 4 is 5.97 Å².